The van der Waals surface area contributed by atoms with Gasteiger partial charge in [-0.25, -0.2) is 8.42 Å². The highest BCUT2D eigenvalue weighted by atomic mass is 35.5. The maximum absolute atomic E-state index is 12.9. The van der Waals surface area contributed by atoms with E-state index in [2.05, 4.69) is 4.90 Å². The van der Waals surface area contributed by atoms with Crippen molar-refractivity contribution in [3.8, 4) is 0 Å². The molecule has 5 nitrogen and oxygen atoms in total. The molecule has 0 bridgehead atoms. The molecular weight excluding hydrogens is 310 g/mol. The van der Waals surface area contributed by atoms with Crippen LogP contribution < -0.4 is 0 Å². The van der Waals surface area contributed by atoms with Gasteiger partial charge in [-0.2, -0.15) is 4.31 Å². The van der Waals surface area contributed by atoms with Crippen molar-refractivity contribution in [2.75, 3.05) is 26.2 Å². The Morgan fingerprint density at radius 3 is 2.76 bits per heavy atom. The third-order valence-corrected chi connectivity index (χ3v) is 6.73. The third kappa shape index (κ3) is 2.86. The molecule has 0 radical (unpaired) electrons. The predicted octanol–water partition coefficient (Wildman–Crippen LogP) is 1.62. The van der Waals surface area contributed by atoms with Crippen LogP contribution in [-0.2, 0) is 23.0 Å². The normalized spacial score (nSPS) is 25.0. The van der Waals surface area contributed by atoms with E-state index in [1.807, 2.05) is 7.05 Å². The summed E-state index contributed by atoms with van der Waals surface area (Å²) in [7, 11) is -1.58. The summed E-state index contributed by atoms with van der Waals surface area (Å²) >= 11 is 5.84. The highest BCUT2D eigenvalue weighted by molar-refractivity contribution is 7.89. The predicted molar refractivity (Wildman–Crippen MR) is 82.9 cm³/mol. The molecule has 1 aromatic rings. The van der Waals surface area contributed by atoms with Crippen molar-refractivity contribution in [2.24, 2.45) is 7.05 Å². The molecular formula is C14H22ClN3O2S. The minimum absolute atomic E-state index is 0.322. The minimum Gasteiger partial charge on any atom is -0.352 e. The summed E-state index contributed by atoms with van der Waals surface area (Å²) < 4.78 is 29.2. The van der Waals surface area contributed by atoms with Crippen molar-refractivity contribution < 1.29 is 8.42 Å². The number of aryl methyl sites for hydroxylation is 1. The summed E-state index contributed by atoms with van der Waals surface area (Å²) in [6.07, 6.45) is 4.86. The Morgan fingerprint density at radius 1 is 1.29 bits per heavy atom. The zero-order valence-corrected chi connectivity index (χ0v) is 13.9. The molecule has 0 spiro atoms. The first-order chi connectivity index (χ1) is 10.0. The molecule has 2 saturated heterocycles. The number of hydrogen-bond donors (Lipinski definition) is 0. The number of halogens is 1. The highest BCUT2D eigenvalue weighted by Gasteiger charge is 2.34. The van der Waals surface area contributed by atoms with Crippen molar-refractivity contribution in [1.82, 2.24) is 13.8 Å². The van der Waals surface area contributed by atoms with Crippen LogP contribution in [0.3, 0.4) is 0 Å². The molecule has 0 aromatic carbocycles. The van der Waals surface area contributed by atoms with E-state index < -0.39 is 10.0 Å². The molecule has 2 aliphatic rings. The zero-order valence-electron chi connectivity index (χ0n) is 12.3. The molecule has 0 N–H and O–H groups in total. The first-order valence-electron chi connectivity index (χ1n) is 7.48. The summed E-state index contributed by atoms with van der Waals surface area (Å²) in [4.78, 5) is 2.80. The van der Waals surface area contributed by atoms with Crippen molar-refractivity contribution in [1.29, 1.82) is 0 Å². The van der Waals surface area contributed by atoms with E-state index in [9.17, 15) is 8.42 Å². The van der Waals surface area contributed by atoms with Crippen LogP contribution in [-0.4, -0.2) is 54.4 Å². The molecule has 118 valence electrons. The number of aromatic nitrogens is 1. The van der Waals surface area contributed by atoms with Gasteiger partial charge in [0.05, 0.1) is 5.88 Å². The van der Waals surface area contributed by atoms with Gasteiger partial charge in [0, 0.05) is 38.1 Å². The van der Waals surface area contributed by atoms with Crippen LogP contribution in [0.5, 0.6) is 0 Å². The van der Waals surface area contributed by atoms with E-state index >= 15 is 0 Å². The van der Waals surface area contributed by atoms with E-state index in [1.54, 1.807) is 21.1 Å². The average Bonchev–Trinajstić information content (AvgIpc) is 2.99. The van der Waals surface area contributed by atoms with Crippen LogP contribution in [0.4, 0.5) is 0 Å². The minimum atomic E-state index is -3.41. The fraction of sp³-hybridized carbons (Fsp3) is 0.714. The molecule has 0 amide bonds. The molecule has 0 aliphatic carbocycles. The summed E-state index contributed by atoms with van der Waals surface area (Å²) in [5, 5.41) is 0. The number of sulfonamides is 1. The second-order valence-electron chi connectivity index (χ2n) is 5.96. The smallest absolute Gasteiger partial charge is 0.244 e. The van der Waals surface area contributed by atoms with E-state index in [0.29, 0.717) is 29.9 Å². The largest absolute Gasteiger partial charge is 0.352 e. The van der Waals surface area contributed by atoms with Crippen LogP contribution in [0.25, 0.3) is 0 Å². The quantitative estimate of drug-likeness (QED) is 0.791. The van der Waals surface area contributed by atoms with Gasteiger partial charge < -0.3 is 4.57 Å². The molecule has 1 unspecified atom stereocenters. The lowest BCUT2D eigenvalue weighted by atomic mass is 10.2. The Balaban J connectivity index is 1.86. The van der Waals surface area contributed by atoms with Gasteiger partial charge in [0.1, 0.15) is 4.90 Å². The fourth-order valence-corrected chi connectivity index (χ4v) is 5.27. The first kappa shape index (κ1) is 15.3. The standard InChI is InChI=1S/C14H22ClN3O2S/c1-16-11-14(8-13(16)9-15)21(19,20)18-7-3-6-17-5-2-4-12(17)10-18/h8,11-12H,2-7,9-10H2,1H3. The van der Waals surface area contributed by atoms with Gasteiger partial charge in [-0.3, -0.25) is 4.90 Å². The van der Waals surface area contributed by atoms with E-state index in [1.165, 1.54) is 6.42 Å². The summed E-state index contributed by atoms with van der Waals surface area (Å²) in [6.45, 7) is 3.35. The zero-order chi connectivity index (χ0) is 15.0. The Kier molecular flexibility index (Phi) is 4.32. The number of fused-ring (bicyclic) bond motifs is 1. The van der Waals surface area contributed by atoms with Crippen LogP contribution in [0.15, 0.2) is 17.2 Å². The molecule has 3 rings (SSSR count). The molecule has 7 heteroatoms. The molecule has 2 fully saturated rings. The average molecular weight is 332 g/mol. The van der Waals surface area contributed by atoms with Gasteiger partial charge in [-0.05, 0) is 38.4 Å². The number of alkyl halides is 1. The lowest BCUT2D eigenvalue weighted by Gasteiger charge is -2.24. The first-order valence-corrected chi connectivity index (χ1v) is 9.45. The van der Waals surface area contributed by atoms with E-state index in [4.69, 9.17) is 11.6 Å². The third-order valence-electron chi connectivity index (χ3n) is 4.62. The lowest BCUT2D eigenvalue weighted by molar-refractivity contribution is 0.257. The van der Waals surface area contributed by atoms with Gasteiger partial charge in [-0.15, -0.1) is 11.6 Å². The van der Waals surface area contributed by atoms with E-state index in [0.717, 1.165) is 31.6 Å². The topological polar surface area (TPSA) is 45.6 Å². The van der Waals surface area contributed by atoms with Crippen LogP contribution >= 0.6 is 11.6 Å². The molecule has 21 heavy (non-hydrogen) atoms. The van der Waals surface area contributed by atoms with Crippen LogP contribution in [0.1, 0.15) is 25.0 Å². The molecule has 2 aliphatic heterocycles. The van der Waals surface area contributed by atoms with Gasteiger partial charge >= 0.3 is 0 Å². The van der Waals surface area contributed by atoms with Gasteiger partial charge in [0.2, 0.25) is 10.0 Å². The molecule has 1 aromatic heterocycles. The monoisotopic (exact) mass is 331 g/mol. The van der Waals surface area contributed by atoms with Gasteiger partial charge in [0.15, 0.2) is 0 Å². The second-order valence-corrected chi connectivity index (χ2v) is 8.17. The maximum atomic E-state index is 12.9. The summed E-state index contributed by atoms with van der Waals surface area (Å²) in [5.41, 5.74) is 0.826. The van der Waals surface area contributed by atoms with Crippen molar-refractivity contribution >= 4 is 21.6 Å². The molecule has 1 atom stereocenters. The van der Waals surface area contributed by atoms with Crippen molar-refractivity contribution in [2.45, 2.75) is 36.1 Å². The van der Waals surface area contributed by atoms with Crippen molar-refractivity contribution in [3.63, 3.8) is 0 Å². The SMILES string of the molecule is Cn1cc(S(=O)(=O)N2CCCN3CCCC3C2)cc1CCl. The number of nitrogens with zero attached hydrogens (tertiary/aromatic N) is 3. The van der Waals surface area contributed by atoms with Gasteiger partial charge in [0.25, 0.3) is 0 Å². The number of rotatable bonds is 3. The van der Waals surface area contributed by atoms with E-state index in [-0.39, 0.29) is 0 Å². The van der Waals surface area contributed by atoms with Crippen LogP contribution in [0.2, 0.25) is 0 Å². The second kappa shape index (κ2) is 5.91. The fourth-order valence-electron chi connectivity index (χ4n) is 3.39. The molecule has 0 saturated carbocycles. The van der Waals surface area contributed by atoms with Gasteiger partial charge in [-0.1, -0.05) is 0 Å². The Hall–Kier alpha value is -0.560. The van der Waals surface area contributed by atoms with Crippen LogP contribution in [0, 0.1) is 0 Å². The lowest BCUT2D eigenvalue weighted by Crippen LogP contribution is -2.39. The Morgan fingerprint density at radius 2 is 2.05 bits per heavy atom. The Labute approximate surface area is 131 Å². The number of hydrogen-bond acceptors (Lipinski definition) is 3. The Bertz CT molecular complexity index is 614. The molecule has 3 heterocycles. The summed E-state index contributed by atoms with van der Waals surface area (Å²) in [6, 6.07) is 2.08. The maximum Gasteiger partial charge on any atom is 0.244 e. The van der Waals surface area contributed by atoms with Crippen molar-refractivity contribution in [3.05, 3.63) is 18.0 Å². The summed E-state index contributed by atoms with van der Waals surface area (Å²) in [5.74, 6) is 0.322. The highest BCUT2D eigenvalue weighted by Crippen LogP contribution is 2.26.